The SMILES string of the molecule is [Br-].[Br-].[Br-].[Br-].[Cu+]. The molecule has 0 aliphatic rings. The molecular weight excluding hydrogens is 383 g/mol. The van der Waals surface area contributed by atoms with Crippen LogP contribution in [0.5, 0.6) is 0 Å². The standard InChI is InChI=1S/4BrH.Cu/h4*1H;/q;;;;+1/p-4. The summed E-state index contributed by atoms with van der Waals surface area (Å²) in [6.07, 6.45) is 0. The van der Waals surface area contributed by atoms with Crippen LogP contribution in [0.4, 0.5) is 0 Å². The molecule has 0 spiro atoms. The molecule has 42 valence electrons. The quantitative estimate of drug-likeness (QED) is 0.365. The van der Waals surface area contributed by atoms with Gasteiger partial charge in [-0.2, -0.15) is 0 Å². The van der Waals surface area contributed by atoms with E-state index in [1.807, 2.05) is 0 Å². The summed E-state index contributed by atoms with van der Waals surface area (Å²) in [6.45, 7) is 0. The van der Waals surface area contributed by atoms with Crippen LogP contribution in [-0.4, -0.2) is 0 Å². The molecule has 0 heterocycles. The topological polar surface area (TPSA) is 0 Å². The number of hydrogen-bond acceptors (Lipinski definition) is 0. The predicted octanol–water partition coefficient (Wildman–Crippen LogP) is -12.0. The molecule has 0 saturated heterocycles. The Balaban J connectivity index is 0. The zero-order valence-corrected chi connectivity index (χ0v) is 9.10. The Morgan fingerprint density at radius 1 is 0.400 bits per heavy atom. The number of rotatable bonds is 0. The molecule has 0 saturated carbocycles. The van der Waals surface area contributed by atoms with Crippen LogP contribution in [0.25, 0.3) is 0 Å². The van der Waals surface area contributed by atoms with Crippen molar-refractivity contribution in [1.29, 1.82) is 0 Å². The Bertz CT molecular complexity index is 3.61. The molecule has 0 atom stereocenters. The molecule has 0 fully saturated rings. The Morgan fingerprint density at radius 2 is 0.400 bits per heavy atom. The first-order valence-corrected chi connectivity index (χ1v) is 0. The summed E-state index contributed by atoms with van der Waals surface area (Å²) in [4.78, 5) is 0. The third-order valence-electron chi connectivity index (χ3n) is 0. The number of halogens is 4. The summed E-state index contributed by atoms with van der Waals surface area (Å²) in [5.41, 5.74) is 0. The van der Waals surface area contributed by atoms with Crippen LogP contribution in [0, 0.1) is 0 Å². The van der Waals surface area contributed by atoms with E-state index in [-0.39, 0.29) is 85.0 Å². The van der Waals surface area contributed by atoms with Gasteiger partial charge in [-0.15, -0.1) is 0 Å². The molecule has 0 aliphatic carbocycles. The second-order valence-electron chi connectivity index (χ2n) is 0. The van der Waals surface area contributed by atoms with Crippen molar-refractivity contribution in [2.75, 3.05) is 0 Å². The average molecular weight is 383 g/mol. The van der Waals surface area contributed by atoms with Crippen LogP contribution >= 0.6 is 0 Å². The fraction of sp³-hybridized carbons (Fsp3) is 0. The maximum Gasteiger partial charge on any atom is 1.00 e. The summed E-state index contributed by atoms with van der Waals surface area (Å²) in [7, 11) is 0. The molecule has 0 nitrogen and oxygen atoms in total. The van der Waals surface area contributed by atoms with Crippen molar-refractivity contribution in [2.45, 2.75) is 0 Å². The largest absolute Gasteiger partial charge is 1.00 e. The van der Waals surface area contributed by atoms with E-state index < -0.39 is 0 Å². The molecule has 0 radical (unpaired) electrons. The minimum absolute atomic E-state index is 0. The van der Waals surface area contributed by atoms with Gasteiger partial charge >= 0.3 is 17.1 Å². The van der Waals surface area contributed by atoms with E-state index in [4.69, 9.17) is 0 Å². The molecule has 0 aromatic rings. The van der Waals surface area contributed by atoms with Gasteiger partial charge in [0.1, 0.15) is 0 Å². The zero-order valence-electron chi connectivity index (χ0n) is 1.81. The maximum absolute atomic E-state index is 0. The molecule has 0 amide bonds. The minimum atomic E-state index is 0. The summed E-state index contributed by atoms with van der Waals surface area (Å²) in [5, 5.41) is 0. The fourth-order valence-corrected chi connectivity index (χ4v) is 0. The molecule has 5 heteroatoms. The molecule has 0 unspecified atom stereocenters. The first-order valence-electron chi connectivity index (χ1n) is 0. The molecule has 0 N–H and O–H groups in total. The van der Waals surface area contributed by atoms with E-state index in [2.05, 4.69) is 0 Å². The van der Waals surface area contributed by atoms with E-state index in [0.29, 0.717) is 0 Å². The smallest absolute Gasteiger partial charge is 1.00 e. The third-order valence-corrected chi connectivity index (χ3v) is 0. The van der Waals surface area contributed by atoms with Gasteiger partial charge in [0.25, 0.3) is 0 Å². The molecule has 5 heavy (non-hydrogen) atoms. The summed E-state index contributed by atoms with van der Waals surface area (Å²) in [6, 6.07) is 0. The average Bonchev–Trinajstić information content (AvgIpc) is 0. The van der Waals surface area contributed by atoms with Gasteiger partial charge in [-0.1, -0.05) is 0 Å². The van der Waals surface area contributed by atoms with Gasteiger partial charge in [0.05, 0.1) is 0 Å². The molecular formula is Br4Cu-3. The van der Waals surface area contributed by atoms with Crippen molar-refractivity contribution in [1.82, 2.24) is 0 Å². The Labute approximate surface area is 84.0 Å². The van der Waals surface area contributed by atoms with Crippen LogP contribution in [0.1, 0.15) is 0 Å². The van der Waals surface area contributed by atoms with Crippen molar-refractivity contribution < 1.29 is 85.0 Å². The normalized spacial score (nSPS) is 0. The van der Waals surface area contributed by atoms with Crippen LogP contribution in [0.3, 0.4) is 0 Å². The minimum Gasteiger partial charge on any atom is -1.00 e. The molecule has 0 aromatic heterocycles. The van der Waals surface area contributed by atoms with Crippen molar-refractivity contribution in [3.8, 4) is 0 Å². The third kappa shape index (κ3) is 21.3. The molecule has 0 aromatic carbocycles. The maximum atomic E-state index is 0. The Morgan fingerprint density at radius 3 is 0.400 bits per heavy atom. The fourth-order valence-electron chi connectivity index (χ4n) is 0. The van der Waals surface area contributed by atoms with Crippen LogP contribution in [0.15, 0.2) is 0 Å². The Hall–Kier alpha value is 2.44. The molecule has 0 aliphatic heterocycles. The molecule has 0 rings (SSSR count). The summed E-state index contributed by atoms with van der Waals surface area (Å²) >= 11 is 0. The summed E-state index contributed by atoms with van der Waals surface area (Å²) in [5.74, 6) is 0. The zero-order chi connectivity index (χ0) is 0. The van der Waals surface area contributed by atoms with Gasteiger partial charge in [0, 0.05) is 0 Å². The van der Waals surface area contributed by atoms with Crippen molar-refractivity contribution in [2.24, 2.45) is 0 Å². The summed E-state index contributed by atoms with van der Waals surface area (Å²) < 4.78 is 0. The number of hydrogen-bond donors (Lipinski definition) is 0. The van der Waals surface area contributed by atoms with Gasteiger partial charge in [-0.25, -0.2) is 0 Å². The Kier molecular flexibility index (Phi) is 332. The second kappa shape index (κ2) is 32.0. The monoisotopic (exact) mass is 379 g/mol. The van der Waals surface area contributed by atoms with E-state index in [1.54, 1.807) is 0 Å². The first-order chi connectivity index (χ1) is 0. The van der Waals surface area contributed by atoms with Crippen molar-refractivity contribution in [3.05, 3.63) is 0 Å². The van der Waals surface area contributed by atoms with Crippen molar-refractivity contribution in [3.63, 3.8) is 0 Å². The van der Waals surface area contributed by atoms with Crippen LogP contribution in [-0.2, 0) is 17.1 Å². The van der Waals surface area contributed by atoms with Gasteiger partial charge in [0.2, 0.25) is 0 Å². The molecule has 0 bridgehead atoms. The van der Waals surface area contributed by atoms with E-state index in [9.17, 15) is 0 Å². The van der Waals surface area contributed by atoms with Crippen LogP contribution < -0.4 is 67.9 Å². The van der Waals surface area contributed by atoms with Crippen LogP contribution in [0.2, 0.25) is 0 Å². The van der Waals surface area contributed by atoms with E-state index >= 15 is 0 Å². The first kappa shape index (κ1) is 51.8. The van der Waals surface area contributed by atoms with E-state index in [0.717, 1.165) is 0 Å². The van der Waals surface area contributed by atoms with Gasteiger partial charge in [0.15, 0.2) is 0 Å². The predicted molar refractivity (Wildman–Crippen MR) is 0 cm³/mol. The van der Waals surface area contributed by atoms with Gasteiger partial charge < -0.3 is 67.9 Å². The van der Waals surface area contributed by atoms with Gasteiger partial charge in [-0.05, 0) is 0 Å². The van der Waals surface area contributed by atoms with Crippen molar-refractivity contribution >= 4 is 0 Å². The van der Waals surface area contributed by atoms with Gasteiger partial charge in [-0.3, -0.25) is 0 Å². The van der Waals surface area contributed by atoms with E-state index in [1.165, 1.54) is 0 Å². The second-order valence-corrected chi connectivity index (χ2v) is 0.